The van der Waals surface area contributed by atoms with Crippen LogP contribution in [-0.2, 0) is 0 Å². The maximum Gasteiger partial charge on any atom is 0.182 e. The maximum absolute atomic E-state index is 12.0. The highest BCUT2D eigenvalue weighted by molar-refractivity contribution is 9.10. The topological polar surface area (TPSA) is 30.0 Å². The van der Waals surface area contributed by atoms with Gasteiger partial charge in [-0.15, -0.1) is 12.3 Å². The number of hydrogen-bond donors (Lipinski definition) is 0. The van der Waals surface area contributed by atoms with E-state index in [1.165, 1.54) is 0 Å². The van der Waals surface area contributed by atoms with Gasteiger partial charge in [0.05, 0.1) is 5.52 Å². The summed E-state index contributed by atoms with van der Waals surface area (Å²) in [6.45, 7) is 0. The summed E-state index contributed by atoms with van der Waals surface area (Å²) in [6, 6.07) is 9.66. The fourth-order valence-corrected chi connectivity index (χ4v) is 2.31. The standard InChI is InChI=1S/C15H12BrNO/c1-2-3-4-9-14(18)15-12(16)10-11-7-5-6-8-13(11)17-15/h1,5-8,10H,3-4,9H2. The second-order valence-corrected chi connectivity index (χ2v) is 4.85. The van der Waals surface area contributed by atoms with Crippen molar-refractivity contribution in [3.05, 3.63) is 40.5 Å². The first kappa shape index (κ1) is 12.8. The normalized spacial score (nSPS) is 10.2. The quantitative estimate of drug-likeness (QED) is 0.486. The number of pyridine rings is 1. The van der Waals surface area contributed by atoms with Gasteiger partial charge < -0.3 is 0 Å². The van der Waals surface area contributed by atoms with Crippen LogP contribution in [0.3, 0.4) is 0 Å². The summed E-state index contributed by atoms with van der Waals surface area (Å²) in [5.74, 6) is 2.56. The summed E-state index contributed by atoms with van der Waals surface area (Å²) < 4.78 is 0.743. The van der Waals surface area contributed by atoms with Crippen LogP contribution < -0.4 is 0 Å². The molecule has 1 aromatic heterocycles. The number of rotatable bonds is 4. The summed E-state index contributed by atoms with van der Waals surface area (Å²) >= 11 is 3.40. The van der Waals surface area contributed by atoms with Crippen molar-refractivity contribution >= 4 is 32.6 Å². The van der Waals surface area contributed by atoms with Crippen molar-refractivity contribution in [3.63, 3.8) is 0 Å². The number of fused-ring (bicyclic) bond motifs is 1. The average molecular weight is 302 g/mol. The smallest absolute Gasteiger partial charge is 0.182 e. The molecule has 90 valence electrons. The minimum atomic E-state index is 0.0304. The van der Waals surface area contributed by atoms with E-state index in [2.05, 4.69) is 26.8 Å². The molecule has 3 heteroatoms. The van der Waals surface area contributed by atoms with Gasteiger partial charge in [-0.1, -0.05) is 18.2 Å². The van der Waals surface area contributed by atoms with Crippen LogP contribution in [0.4, 0.5) is 0 Å². The van der Waals surface area contributed by atoms with Crippen LogP contribution in [0, 0.1) is 12.3 Å². The summed E-state index contributed by atoms with van der Waals surface area (Å²) in [7, 11) is 0. The molecular weight excluding hydrogens is 290 g/mol. The fourth-order valence-electron chi connectivity index (χ4n) is 1.76. The Morgan fingerprint density at radius 2 is 2.17 bits per heavy atom. The lowest BCUT2D eigenvalue weighted by Gasteiger charge is -2.04. The van der Waals surface area contributed by atoms with Gasteiger partial charge in [-0.25, -0.2) is 4.98 Å². The number of hydrogen-bond acceptors (Lipinski definition) is 2. The predicted octanol–water partition coefficient (Wildman–Crippen LogP) is 3.98. The Balaban J connectivity index is 2.30. The molecule has 0 N–H and O–H groups in total. The number of unbranched alkanes of at least 4 members (excludes halogenated alkanes) is 1. The van der Waals surface area contributed by atoms with Gasteiger partial charge in [0.25, 0.3) is 0 Å². The highest BCUT2D eigenvalue weighted by Crippen LogP contribution is 2.22. The fraction of sp³-hybridized carbons (Fsp3) is 0.200. The van der Waals surface area contributed by atoms with Gasteiger partial charge in [0.1, 0.15) is 5.69 Å². The number of Topliss-reactive ketones (excluding diaryl/α,β-unsaturated/α-hetero) is 1. The molecule has 18 heavy (non-hydrogen) atoms. The van der Waals surface area contributed by atoms with Gasteiger partial charge in [-0.2, -0.15) is 0 Å². The van der Waals surface area contributed by atoms with Crippen LogP contribution in [0.2, 0.25) is 0 Å². The molecule has 0 aliphatic rings. The van der Waals surface area contributed by atoms with Gasteiger partial charge >= 0.3 is 0 Å². The molecule has 0 radical (unpaired) electrons. The van der Waals surface area contributed by atoms with Crippen LogP contribution in [-0.4, -0.2) is 10.8 Å². The van der Waals surface area contributed by atoms with Gasteiger partial charge in [0, 0.05) is 22.7 Å². The predicted molar refractivity (Wildman–Crippen MR) is 76.5 cm³/mol. The minimum Gasteiger partial charge on any atom is -0.292 e. The Hall–Kier alpha value is -1.66. The van der Waals surface area contributed by atoms with Crippen LogP contribution in [0.15, 0.2) is 34.8 Å². The van der Waals surface area contributed by atoms with Gasteiger partial charge in [0.15, 0.2) is 5.78 Å². The van der Waals surface area contributed by atoms with Gasteiger partial charge in [-0.05, 0) is 34.5 Å². The van der Waals surface area contributed by atoms with E-state index in [-0.39, 0.29) is 5.78 Å². The molecule has 1 aromatic carbocycles. The van der Waals surface area contributed by atoms with Crippen molar-refractivity contribution in [1.29, 1.82) is 0 Å². The van der Waals surface area contributed by atoms with E-state index in [0.717, 1.165) is 15.4 Å². The first-order valence-corrected chi connectivity index (χ1v) is 6.53. The molecule has 0 fully saturated rings. The zero-order chi connectivity index (χ0) is 13.0. The van der Waals surface area contributed by atoms with Crippen LogP contribution in [0.1, 0.15) is 29.8 Å². The summed E-state index contributed by atoms with van der Waals surface area (Å²) in [4.78, 5) is 16.4. The zero-order valence-electron chi connectivity index (χ0n) is 9.82. The van der Waals surface area contributed by atoms with Gasteiger partial charge in [-0.3, -0.25) is 4.79 Å². The molecule has 0 aliphatic carbocycles. The molecule has 2 aromatic rings. The number of terminal acetylenes is 1. The number of aromatic nitrogens is 1. The van der Waals surface area contributed by atoms with Crippen LogP contribution >= 0.6 is 15.9 Å². The molecule has 0 bridgehead atoms. The first-order chi connectivity index (χ1) is 8.72. The van der Waals surface area contributed by atoms with E-state index in [1.54, 1.807) is 0 Å². The van der Waals surface area contributed by atoms with E-state index >= 15 is 0 Å². The molecule has 0 atom stereocenters. The van der Waals surface area contributed by atoms with E-state index in [9.17, 15) is 4.79 Å². The Kier molecular flexibility index (Phi) is 4.11. The third-order valence-corrected chi connectivity index (χ3v) is 3.27. The zero-order valence-corrected chi connectivity index (χ0v) is 11.4. The van der Waals surface area contributed by atoms with Crippen molar-refractivity contribution in [1.82, 2.24) is 4.98 Å². The molecular formula is C15H12BrNO. The molecule has 0 saturated carbocycles. The Morgan fingerprint density at radius 1 is 1.39 bits per heavy atom. The first-order valence-electron chi connectivity index (χ1n) is 5.74. The molecule has 1 heterocycles. The number of halogens is 1. The molecule has 2 nitrogen and oxygen atoms in total. The van der Waals surface area contributed by atoms with Crippen molar-refractivity contribution < 1.29 is 4.79 Å². The lowest BCUT2D eigenvalue weighted by atomic mass is 10.1. The highest BCUT2D eigenvalue weighted by Gasteiger charge is 2.12. The monoisotopic (exact) mass is 301 g/mol. The molecule has 0 amide bonds. The maximum atomic E-state index is 12.0. The molecule has 0 spiro atoms. The third kappa shape index (κ3) is 2.77. The third-order valence-electron chi connectivity index (χ3n) is 2.67. The minimum absolute atomic E-state index is 0.0304. The van der Waals surface area contributed by atoms with Gasteiger partial charge in [0.2, 0.25) is 0 Å². The van der Waals surface area contributed by atoms with Crippen molar-refractivity contribution in [3.8, 4) is 12.3 Å². The Morgan fingerprint density at radius 3 is 2.94 bits per heavy atom. The van der Waals surface area contributed by atoms with E-state index < -0.39 is 0 Å². The largest absolute Gasteiger partial charge is 0.292 e. The second kappa shape index (κ2) is 5.79. The van der Waals surface area contributed by atoms with E-state index in [1.807, 2.05) is 30.3 Å². The lowest BCUT2D eigenvalue weighted by Crippen LogP contribution is -2.03. The van der Waals surface area contributed by atoms with E-state index in [4.69, 9.17) is 6.42 Å². The molecule has 0 aliphatic heterocycles. The van der Waals surface area contributed by atoms with Crippen molar-refractivity contribution in [2.75, 3.05) is 0 Å². The lowest BCUT2D eigenvalue weighted by molar-refractivity contribution is 0.0975. The number of nitrogens with zero attached hydrogens (tertiary/aromatic N) is 1. The summed E-state index contributed by atoms with van der Waals surface area (Å²) in [5.41, 5.74) is 1.33. The molecule has 2 rings (SSSR count). The van der Waals surface area contributed by atoms with Crippen LogP contribution in [0.5, 0.6) is 0 Å². The molecule has 0 unspecified atom stereocenters. The van der Waals surface area contributed by atoms with Crippen molar-refractivity contribution in [2.45, 2.75) is 19.3 Å². The SMILES string of the molecule is C#CCCCC(=O)c1nc2ccccc2cc1Br. The number of benzene rings is 1. The summed E-state index contributed by atoms with van der Waals surface area (Å²) in [6.07, 6.45) is 6.94. The number of carbonyl (C=O) groups excluding carboxylic acids is 1. The molecule has 0 saturated heterocycles. The average Bonchev–Trinajstić information content (AvgIpc) is 2.38. The Labute approximate surface area is 115 Å². The Bertz CT molecular complexity index is 628. The summed E-state index contributed by atoms with van der Waals surface area (Å²) in [5, 5.41) is 1.02. The van der Waals surface area contributed by atoms with Crippen LogP contribution in [0.25, 0.3) is 10.9 Å². The number of ketones is 1. The van der Waals surface area contributed by atoms with E-state index in [0.29, 0.717) is 25.0 Å². The second-order valence-electron chi connectivity index (χ2n) is 3.99. The number of para-hydroxylation sites is 1. The number of carbonyl (C=O) groups is 1. The highest BCUT2D eigenvalue weighted by atomic mass is 79.9. The van der Waals surface area contributed by atoms with Crippen molar-refractivity contribution in [2.24, 2.45) is 0 Å².